The lowest BCUT2D eigenvalue weighted by molar-refractivity contribution is 0.0661. The van der Waals surface area contributed by atoms with Crippen molar-refractivity contribution in [3.05, 3.63) is 23.8 Å². The first kappa shape index (κ1) is 12.3. The van der Waals surface area contributed by atoms with Gasteiger partial charge in [-0.25, -0.2) is 0 Å². The molecule has 0 heterocycles. The second-order valence-corrected chi connectivity index (χ2v) is 3.42. The number of rotatable bonds is 5. The van der Waals surface area contributed by atoms with Gasteiger partial charge in [0.05, 0.1) is 17.9 Å². The maximum Gasteiger partial charge on any atom is 0.144 e. The summed E-state index contributed by atoms with van der Waals surface area (Å²) in [7, 11) is 0. The normalized spacial score (nSPS) is 11.8. The van der Waals surface area contributed by atoms with E-state index in [4.69, 9.17) is 20.5 Å². The molecule has 0 saturated carbocycles. The minimum Gasteiger partial charge on any atom is -0.486 e. The van der Waals surface area contributed by atoms with Gasteiger partial charge >= 0.3 is 0 Å². The van der Waals surface area contributed by atoms with Crippen LogP contribution in [0, 0.1) is 11.3 Å². The molecule has 0 spiro atoms. The van der Waals surface area contributed by atoms with Crippen molar-refractivity contribution >= 4 is 5.69 Å². The van der Waals surface area contributed by atoms with Gasteiger partial charge in [0.1, 0.15) is 17.9 Å². The fraction of sp³-hybridized carbons (Fsp3) is 0.417. The van der Waals surface area contributed by atoms with Crippen LogP contribution in [0.5, 0.6) is 5.75 Å². The summed E-state index contributed by atoms with van der Waals surface area (Å²) in [6.45, 7) is 4.99. The number of nitrogens with zero attached hydrogens (tertiary/aromatic N) is 1. The lowest BCUT2D eigenvalue weighted by atomic mass is 10.2. The van der Waals surface area contributed by atoms with E-state index in [1.54, 1.807) is 18.2 Å². The fourth-order valence-electron chi connectivity index (χ4n) is 1.28. The zero-order valence-corrected chi connectivity index (χ0v) is 9.56. The molecule has 0 fully saturated rings. The van der Waals surface area contributed by atoms with E-state index in [0.717, 1.165) is 0 Å². The van der Waals surface area contributed by atoms with E-state index < -0.39 is 0 Å². The highest BCUT2D eigenvalue weighted by molar-refractivity contribution is 5.63. The molecule has 0 aliphatic carbocycles. The van der Waals surface area contributed by atoms with Crippen molar-refractivity contribution in [2.24, 2.45) is 0 Å². The maximum absolute atomic E-state index is 8.81. The van der Waals surface area contributed by atoms with Crippen LogP contribution in [0.4, 0.5) is 5.69 Å². The van der Waals surface area contributed by atoms with Crippen molar-refractivity contribution in [1.82, 2.24) is 0 Å². The molecule has 1 aromatic rings. The number of nitrogen functional groups attached to an aromatic ring is 1. The van der Waals surface area contributed by atoms with Crippen LogP contribution < -0.4 is 10.5 Å². The largest absolute Gasteiger partial charge is 0.486 e. The molecule has 0 radical (unpaired) electrons. The van der Waals surface area contributed by atoms with Gasteiger partial charge in [-0.05, 0) is 26.0 Å². The van der Waals surface area contributed by atoms with Crippen LogP contribution in [-0.4, -0.2) is 19.3 Å². The molecule has 1 unspecified atom stereocenters. The number of nitrogens with two attached hydrogens (primary N) is 1. The van der Waals surface area contributed by atoms with Gasteiger partial charge < -0.3 is 15.2 Å². The SMILES string of the molecule is CCOCC(C)Oc1cccc(C#N)c1N. The molecule has 0 amide bonds. The molecule has 4 heteroatoms. The molecule has 86 valence electrons. The summed E-state index contributed by atoms with van der Waals surface area (Å²) >= 11 is 0. The summed E-state index contributed by atoms with van der Waals surface area (Å²) in [4.78, 5) is 0. The number of benzene rings is 1. The topological polar surface area (TPSA) is 68.3 Å². The van der Waals surface area contributed by atoms with Crippen molar-refractivity contribution < 1.29 is 9.47 Å². The van der Waals surface area contributed by atoms with Gasteiger partial charge in [0.15, 0.2) is 0 Å². The summed E-state index contributed by atoms with van der Waals surface area (Å²) in [5, 5.41) is 8.81. The first-order chi connectivity index (χ1) is 7.69. The van der Waals surface area contributed by atoms with Crippen LogP contribution in [0.1, 0.15) is 19.4 Å². The Morgan fingerprint density at radius 2 is 2.25 bits per heavy atom. The zero-order chi connectivity index (χ0) is 12.0. The Labute approximate surface area is 95.6 Å². The molecule has 0 bridgehead atoms. The van der Waals surface area contributed by atoms with Gasteiger partial charge in [0.2, 0.25) is 0 Å². The second kappa shape index (κ2) is 5.99. The summed E-state index contributed by atoms with van der Waals surface area (Å²) < 4.78 is 10.8. The lowest BCUT2D eigenvalue weighted by Gasteiger charge is -2.16. The summed E-state index contributed by atoms with van der Waals surface area (Å²) in [6, 6.07) is 7.17. The smallest absolute Gasteiger partial charge is 0.144 e. The third kappa shape index (κ3) is 3.14. The van der Waals surface area contributed by atoms with Crippen LogP contribution in [0.2, 0.25) is 0 Å². The first-order valence-corrected chi connectivity index (χ1v) is 5.22. The molecule has 4 nitrogen and oxygen atoms in total. The van der Waals surface area contributed by atoms with Gasteiger partial charge in [0.25, 0.3) is 0 Å². The molecule has 1 atom stereocenters. The Kier molecular flexibility index (Phi) is 4.62. The molecule has 0 saturated heterocycles. The average Bonchev–Trinajstić information content (AvgIpc) is 2.29. The van der Waals surface area contributed by atoms with Crippen molar-refractivity contribution in [1.29, 1.82) is 5.26 Å². The molecule has 0 aromatic heterocycles. The molecular formula is C12H16N2O2. The molecule has 2 N–H and O–H groups in total. The summed E-state index contributed by atoms with van der Waals surface area (Å²) in [5.74, 6) is 0.534. The number of hydrogen-bond donors (Lipinski definition) is 1. The van der Waals surface area contributed by atoms with E-state index >= 15 is 0 Å². The zero-order valence-electron chi connectivity index (χ0n) is 9.56. The molecule has 0 aliphatic rings. The van der Waals surface area contributed by atoms with E-state index in [-0.39, 0.29) is 6.10 Å². The van der Waals surface area contributed by atoms with Crippen LogP contribution in [0.25, 0.3) is 0 Å². The van der Waals surface area contributed by atoms with E-state index in [2.05, 4.69) is 0 Å². The lowest BCUT2D eigenvalue weighted by Crippen LogP contribution is -2.19. The van der Waals surface area contributed by atoms with E-state index in [1.165, 1.54) is 0 Å². The number of nitriles is 1. The third-order valence-electron chi connectivity index (χ3n) is 2.07. The highest BCUT2D eigenvalue weighted by atomic mass is 16.5. The predicted molar refractivity (Wildman–Crippen MR) is 62.2 cm³/mol. The number of hydrogen-bond acceptors (Lipinski definition) is 4. The van der Waals surface area contributed by atoms with E-state index in [0.29, 0.717) is 30.2 Å². The fourth-order valence-corrected chi connectivity index (χ4v) is 1.28. The quantitative estimate of drug-likeness (QED) is 0.770. The minimum atomic E-state index is -0.0869. The molecule has 1 aromatic carbocycles. The predicted octanol–water partition coefficient (Wildman–Crippen LogP) is 1.94. The Morgan fingerprint density at radius 3 is 2.88 bits per heavy atom. The molecule has 16 heavy (non-hydrogen) atoms. The van der Waals surface area contributed by atoms with Crippen molar-refractivity contribution in [3.63, 3.8) is 0 Å². The van der Waals surface area contributed by atoms with E-state index in [1.807, 2.05) is 19.9 Å². The van der Waals surface area contributed by atoms with Crippen molar-refractivity contribution in [2.75, 3.05) is 18.9 Å². The Hall–Kier alpha value is -1.73. The van der Waals surface area contributed by atoms with Crippen LogP contribution in [0.3, 0.4) is 0 Å². The number of anilines is 1. The molecule has 1 rings (SSSR count). The first-order valence-electron chi connectivity index (χ1n) is 5.22. The number of para-hydroxylation sites is 1. The monoisotopic (exact) mass is 220 g/mol. The van der Waals surface area contributed by atoms with Crippen molar-refractivity contribution in [3.8, 4) is 11.8 Å². The Bertz CT molecular complexity index is 385. The number of ether oxygens (including phenoxy) is 2. The van der Waals surface area contributed by atoms with Crippen LogP contribution in [-0.2, 0) is 4.74 Å². The van der Waals surface area contributed by atoms with Gasteiger partial charge in [0, 0.05) is 6.61 Å². The van der Waals surface area contributed by atoms with Gasteiger partial charge in [-0.3, -0.25) is 0 Å². The third-order valence-corrected chi connectivity index (χ3v) is 2.07. The second-order valence-electron chi connectivity index (χ2n) is 3.42. The highest BCUT2D eigenvalue weighted by Gasteiger charge is 2.09. The standard InChI is InChI=1S/C12H16N2O2/c1-3-15-8-9(2)16-11-6-4-5-10(7-13)12(11)14/h4-6,9H,3,8,14H2,1-2H3. The molecule has 0 aliphatic heterocycles. The Balaban J connectivity index is 2.70. The van der Waals surface area contributed by atoms with Gasteiger partial charge in [-0.2, -0.15) is 5.26 Å². The van der Waals surface area contributed by atoms with Crippen LogP contribution in [0.15, 0.2) is 18.2 Å². The highest BCUT2D eigenvalue weighted by Crippen LogP contribution is 2.25. The van der Waals surface area contributed by atoms with Gasteiger partial charge in [-0.1, -0.05) is 6.07 Å². The van der Waals surface area contributed by atoms with Crippen LogP contribution >= 0.6 is 0 Å². The summed E-state index contributed by atoms with van der Waals surface area (Å²) in [6.07, 6.45) is -0.0869. The van der Waals surface area contributed by atoms with Crippen molar-refractivity contribution in [2.45, 2.75) is 20.0 Å². The summed E-state index contributed by atoms with van der Waals surface area (Å²) in [5.41, 5.74) is 6.60. The Morgan fingerprint density at radius 1 is 1.50 bits per heavy atom. The van der Waals surface area contributed by atoms with E-state index in [9.17, 15) is 0 Å². The maximum atomic E-state index is 8.81. The minimum absolute atomic E-state index is 0.0869. The molecular weight excluding hydrogens is 204 g/mol. The van der Waals surface area contributed by atoms with Gasteiger partial charge in [-0.15, -0.1) is 0 Å². The average molecular weight is 220 g/mol.